The van der Waals surface area contributed by atoms with Crippen LogP contribution in [0.2, 0.25) is 0 Å². The Morgan fingerprint density at radius 2 is 1.84 bits per heavy atom. The van der Waals surface area contributed by atoms with Gasteiger partial charge in [-0.15, -0.1) is 21.5 Å². The predicted molar refractivity (Wildman–Crippen MR) is 134 cm³/mol. The van der Waals surface area contributed by atoms with Crippen molar-refractivity contribution in [1.82, 2.24) is 14.8 Å². The van der Waals surface area contributed by atoms with Crippen LogP contribution in [0.25, 0.3) is 22.5 Å². The van der Waals surface area contributed by atoms with E-state index in [1.807, 2.05) is 35.9 Å². The zero-order valence-electron chi connectivity index (χ0n) is 18.7. The third-order valence-electron chi connectivity index (χ3n) is 5.40. The molecule has 164 valence electrons. The van der Waals surface area contributed by atoms with Crippen molar-refractivity contribution in [2.24, 2.45) is 7.05 Å². The van der Waals surface area contributed by atoms with Crippen LogP contribution in [0.5, 0.6) is 0 Å². The number of hydrogen-bond donors (Lipinski definition) is 1. The van der Waals surface area contributed by atoms with Crippen LogP contribution in [0.15, 0.2) is 59.1 Å². The highest BCUT2D eigenvalue weighted by Crippen LogP contribution is 2.39. The SMILES string of the molecule is CCc1ccccc1NC(=O)CSc1nnc(-c2csc(C)c2-c2ccc(C)cc2)n1C. The molecule has 0 aliphatic rings. The van der Waals surface area contributed by atoms with Crippen LogP contribution in [0.4, 0.5) is 5.69 Å². The first-order chi connectivity index (χ1) is 15.5. The zero-order valence-corrected chi connectivity index (χ0v) is 20.3. The molecule has 0 saturated carbocycles. The number of benzene rings is 2. The van der Waals surface area contributed by atoms with Gasteiger partial charge in [-0.3, -0.25) is 4.79 Å². The molecule has 0 aliphatic heterocycles. The number of rotatable bonds is 7. The number of aromatic nitrogens is 3. The second kappa shape index (κ2) is 9.71. The standard InChI is InChI=1S/C25H26N4OS2/c1-5-18-8-6-7-9-21(18)26-22(30)15-32-25-28-27-24(29(25)4)20-14-31-17(3)23(20)19-12-10-16(2)11-13-19/h6-14H,5,15H2,1-4H3,(H,26,30). The molecule has 5 nitrogen and oxygen atoms in total. The average molecular weight is 463 g/mol. The summed E-state index contributed by atoms with van der Waals surface area (Å²) in [6.07, 6.45) is 0.875. The number of nitrogens with zero attached hydrogens (tertiary/aromatic N) is 3. The molecule has 0 spiro atoms. The van der Waals surface area contributed by atoms with Crippen LogP contribution in [-0.2, 0) is 18.3 Å². The Bertz CT molecular complexity index is 1240. The lowest BCUT2D eigenvalue weighted by Gasteiger charge is -2.09. The number of aryl methyl sites for hydroxylation is 3. The van der Waals surface area contributed by atoms with Gasteiger partial charge in [0.25, 0.3) is 0 Å². The van der Waals surface area contributed by atoms with Crippen molar-refractivity contribution >= 4 is 34.7 Å². The second-order valence-corrected chi connectivity index (χ2v) is 9.69. The molecule has 32 heavy (non-hydrogen) atoms. The molecule has 0 saturated heterocycles. The minimum absolute atomic E-state index is 0.0489. The van der Waals surface area contributed by atoms with Gasteiger partial charge in [0.15, 0.2) is 11.0 Å². The summed E-state index contributed by atoms with van der Waals surface area (Å²) in [6.45, 7) is 6.31. The molecule has 1 N–H and O–H groups in total. The fourth-order valence-corrected chi connectivity index (χ4v) is 5.21. The highest BCUT2D eigenvalue weighted by Gasteiger charge is 2.19. The van der Waals surface area contributed by atoms with Crippen molar-refractivity contribution in [3.63, 3.8) is 0 Å². The molecule has 2 aromatic heterocycles. The third-order valence-corrected chi connectivity index (χ3v) is 7.33. The van der Waals surface area contributed by atoms with E-state index >= 15 is 0 Å². The van der Waals surface area contributed by atoms with E-state index in [4.69, 9.17) is 0 Å². The molecular weight excluding hydrogens is 436 g/mol. The van der Waals surface area contributed by atoms with E-state index in [2.05, 4.69) is 65.9 Å². The number of carbonyl (C=O) groups excluding carboxylic acids is 1. The Labute approximate surface area is 196 Å². The van der Waals surface area contributed by atoms with Crippen LogP contribution in [0.3, 0.4) is 0 Å². The summed E-state index contributed by atoms with van der Waals surface area (Å²) in [7, 11) is 1.95. The Morgan fingerprint density at radius 1 is 1.09 bits per heavy atom. The fraction of sp³-hybridized carbons (Fsp3) is 0.240. The van der Waals surface area contributed by atoms with Gasteiger partial charge < -0.3 is 9.88 Å². The summed E-state index contributed by atoms with van der Waals surface area (Å²) < 4.78 is 1.97. The van der Waals surface area contributed by atoms with E-state index in [0.717, 1.165) is 34.2 Å². The van der Waals surface area contributed by atoms with E-state index in [9.17, 15) is 4.79 Å². The molecule has 0 fully saturated rings. The summed E-state index contributed by atoms with van der Waals surface area (Å²) >= 11 is 3.11. The van der Waals surface area contributed by atoms with Crippen LogP contribution in [-0.4, -0.2) is 26.4 Å². The quantitative estimate of drug-likeness (QED) is 0.336. The zero-order chi connectivity index (χ0) is 22.7. The molecule has 4 rings (SSSR count). The van der Waals surface area contributed by atoms with E-state index in [1.165, 1.54) is 33.3 Å². The molecule has 4 aromatic rings. The number of anilines is 1. The molecule has 7 heteroatoms. The summed E-state index contributed by atoms with van der Waals surface area (Å²) in [6, 6.07) is 16.5. The van der Waals surface area contributed by atoms with Crippen molar-refractivity contribution in [3.8, 4) is 22.5 Å². The molecule has 0 bridgehead atoms. The average Bonchev–Trinajstić information content (AvgIpc) is 3.35. The summed E-state index contributed by atoms with van der Waals surface area (Å²) in [5.74, 6) is 1.04. The van der Waals surface area contributed by atoms with Crippen LogP contribution >= 0.6 is 23.1 Å². The smallest absolute Gasteiger partial charge is 0.234 e. The highest BCUT2D eigenvalue weighted by atomic mass is 32.2. The van der Waals surface area contributed by atoms with Gasteiger partial charge in [0.2, 0.25) is 5.91 Å². The number of carbonyl (C=O) groups is 1. The number of para-hydroxylation sites is 1. The number of hydrogen-bond acceptors (Lipinski definition) is 5. The van der Waals surface area contributed by atoms with Gasteiger partial charge in [0, 0.05) is 34.1 Å². The van der Waals surface area contributed by atoms with E-state index in [1.54, 1.807) is 11.3 Å². The van der Waals surface area contributed by atoms with Crippen LogP contribution in [0.1, 0.15) is 22.9 Å². The van der Waals surface area contributed by atoms with Crippen molar-refractivity contribution in [1.29, 1.82) is 0 Å². The van der Waals surface area contributed by atoms with Crippen molar-refractivity contribution in [3.05, 3.63) is 69.9 Å². The number of amides is 1. The van der Waals surface area contributed by atoms with Gasteiger partial charge in [-0.2, -0.15) is 0 Å². The van der Waals surface area contributed by atoms with Crippen molar-refractivity contribution in [2.45, 2.75) is 32.3 Å². The van der Waals surface area contributed by atoms with Crippen molar-refractivity contribution in [2.75, 3.05) is 11.1 Å². The summed E-state index contributed by atoms with van der Waals surface area (Å²) in [4.78, 5) is 13.8. The maximum atomic E-state index is 12.5. The van der Waals surface area contributed by atoms with E-state index in [0.29, 0.717) is 0 Å². The first-order valence-corrected chi connectivity index (χ1v) is 12.4. The first kappa shape index (κ1) is 22.3. The number of nitrogens with one attached hydrogen (secondary N) is 1. The fourth-order valence-electron chi connectivity index (χ4n) is 3.64. The normalized spacial score (nSPS) is 11.0. The number of thioether (sulfide) groups is 1. The molecule has 0 unspecified atom stereocenters. The Balaban J connectivity index is 1.51. The Morgan fingerprint density at radius 3 is 2.59 bits per heavy atom. The van der Waals surface area contributed by atoms with Gasteiger partial charge >= 0.3 is 0 Å². The third kappa shape index (κ3) is 4.64. The molecule has 0 radical (unpaired) electrons. The maximum absolute atomic E-state index is 12.5. The highest BCUT2D eigenvalue weighted by molar-refractivity contribution is 7.99. The Hall–Kier alpha value is -2.90. The van der Waals surface area contributed by atoms with E-state index < -0.39 is 0 Å². The van der Waals surface area contributed by atoms with Gasteiger partial charge in [-0.05, 0) is 37.5 Å². The molecule has 1 amide bonds. The maximum Gasteiger partial charge on any atom is 0.234 e. The lowest BCUT2D eigenvalue weighted by atomic mass is 10.0. The molecule has 0 aliphatic carbocycles. The molecule has 2 heterocycles. The molecular formula is C25H26N4OS2. The summed E-state index contributed by atoms with van der Waals surface area (Å²) in [5.41, 5.74) is 6.67. The van der Waals surface area contributed by atoms with E-state index in [-0.39, 0.29) is 11.7 Å². The largest absolute Gasteiger partial charge is 0.325 e. The second-order valence-electron chi connectivity index (χ2n) is 7.66. The topological polar surface area (TPSA) is 59.8 Å². The minimum Gasteiger partial charge on any atom is -0.325 e. The Kier molecular flexibility index (Phi) is 6.77. The van der Waals surface area contributed by atoms with Crippen LogP contribution in [0, 0.1) is 13.8 Å². The number of thiophene rings is 1. The lowest BCUT2D eigenvalue weighted by molar-refractivity contribution is -0.113. The molecule has 2 aromatic carbocycles. The monoisotopic (exact) mass is 462 g/mol. The predicted octanol–water partition coefficient (Wildman–Crippen LogP) is 6.12. The van der Waals surface area contributed by atoms with Gasteiger partial charge in [-0.25, -0.2) is 0 Å². The van der Waals surface area contributed by atoms with Gasteiger partial charge in [0.1, 0.15) is 0 Å². The summed E-state index contributed by atoms with van der Waals surface area (Å²) in [5, 5.41) is 14.7. The lowest BCUT2D eigenvalue weighted by Crippen LogP contribution is -2.15. The molecule has 0 atom stereocenters. The van der Waals surface area contributed by atoms with Gasteiger partial charge in [-0.1, -0.05) is 66.7 Å². The first-order valence-electron chi connectivity index (χ1n) is 10.5. The minimum atomic E-state index is -0.0489. The van der Waals surface area contributed by atoms with Gasteiger partial charge in [0.05, 0.1) is 5.75 Å². The van der Waals surface area contributed by atoms with Crippen molar-refractivity contribution < 1.29 is 4.79 Å². The van der Waals surface area contributed by atoms with Crippen LogP contribution < -0.4 is 5.32 Å².